The second-order valence-electron chi connectivity index (χ2n) is 3.75. The molecule has 0 saturated carbocycles. The van der Waals surface area contributed by atoms with Gasteiger partial charge in [0.05, 0.1) is 6.61 Å². The molecule has 0 bridgehead atoms. The Bertz CT molecular complexity index is 335. The number of hydrogen-bond donors (Lipinski definition) is 2. The summed E-state index contributed by atoms with van der Waals surface area (Å²) in [5, 5.41) is 11.3. The first-order valence-electron chi connectivity index (χ1n) is 5.21. The molecule has 0 aliphatic rings. The van der Waals surface area contributed by atoms with Crippen molar-refractivity contribution in [3.63, 3.8) is 0 Å². The molecular formula is C12H17NO3. The molecule has 4 nitrogen and oxygen atoms in total. The van der Waals surface area contributed by atoms with Gasteiger partial charge in [-0.2, -0.15) is 0 Å². The minimum absolute atomic E-state index is 0.0343. The number of ether oxygens (including phenoxy) is 1. The van der Waals surface area contributed by atoms with Gasteiger partial charge in [0.15, 0.2) is 6.61 Å². The molecule has 1 aromatic rings. The Morgan fingerprint density at radius 3 is 2.62 bits per heavy atom. The van der Waals surface area contributed by atoms with Crippen molar-refractivity contribution in [2.24, 2.45) is 0 Å². The monoisotopic (exact) mass is 223 g/mol. The molecule has 0 radical (unpaired) electrons. The molecule has 0 spiro atoms. The number of hydrogen-bond acceptors (Lipinski definition) is 3. The van der Waals surface area contributed by atoms with E-state index in [4.69, 9.17) is 9.84 Å². The maximum atomic E-state index is 11.3. The zero-order chi connectivity index (χ0) is 12.0. The lowest BCUT2D eigenvalue weighted by atomic mass is 10.2. The normalized spacial score (nSPS) is 11.9. The lowest BCUT2D eigenvalue weighted by Crippen LogP contribution is -2.38. The Labute approximate surface area is 95.2 Å². The molecule has 0 aliphatic carbocycles. The fourth-order valence-corrected chi connectivity index (χ4v) is 1.15. The number of amides is 1. The molecular weight excluding hydrogens is 206 g/mol. The standard InChI is InChI=1S/C12H17NO3/c1-9-3-5-11(6-4-9)16-8-12(15)13-10(2)7-14/h3-6,10,14H,7-8H2,1-2H3,(H,13,15)/t10-/m1/s1. The van der Waals surface area contributed by atoms with Crippen LogP contribution in [0.4, 0.5) is 0 Å². The van der Waals surface area contributed by atoms with Gasteiger partial charge in [-0.05, 0) is 26.0 Å². The van der Waals surface area contributed by atoms with E-state index in [1.807, 2.05) is 31.2 Å². The number of nitrogens with one attached hydrogen (secondary N) is 1. The van der Waals surface area contributed by atoms with E-state index in [2.05, 4.69) is 5.32 Å². The van der Waals surface area contributed by atoms with E-state index < -0.39 is 0 Å². The molecule has 2 N–H and O–H groups in total. The Hall–Kier alpha value is -1.55. The summed E-state index contributed by atoms with van der Waals surface area (Å²) in [6, 6.07) is 7.23. The first kappa shape index (κ1) is 12.5. The van der Waals surface area contributed by atoms with Crippen molar-refractivity contribution in [3.05, 3.63) is 29.8 Å². The summed E-state index contributed by atoms with van der Waals surface area (Å²) in [5.41, 5.74) is 1.14. The second-order valence-corrected chi connectivity index (χ2v) is 3.75. The van der Waals surface area contributed by atoms with Crippen LogP contribution in [0.3, 0.4) is 0 Å². The van der Waals surface area contributed by atoms with Gasteiger partial charge in [-0.3, -0.25) is 4.79 Å². The van der Waals surface area contributed by atoms with Crippen LogP contribution in [0.2, 0.25) is 0 Å². The summed E-state index contributed by atoms with van der Waals surface area (Å²) >= 11 is 0. The van der Waals surface area contributed by atoms with Crippen LogP contribution in [0.5, 0.6) is 5.75 Å². The van der Waals surface area contributed by atoms with Crippen molar-refractivity contribution < 1.29 is 14.6 Å². The van der Waals surface area contributed by atoms with Gasteiger partial charge in [0.1, 0.15) is 5.75 Å². The topological polar surface area (TPSA) is 58.6 Å². The SMILES string of the molecule is Cc1ccc(OCC(=O)N[C@H](C)CO)cc1. The van der Waals surface area contributed by atoms with Crippen molar-refractivity contribution in [1.82, 2.24) is 5.32 Å². The van der Waals surface area contributed by atoms with E-state index >= 15 is 0 Å². The van der Waals surface area contributed by atoms with Crippen LogP contribution < -0.4 is 10.1 Å². The first-order valence-corrected chi connectivity index (χ1v) is 5.21. The molecule has 1 rings (SSSR count). The van der Waals surface area contributed by atoms with Gasteiger partial charge >= 0.3 is 0 Å². The first-order chi connectivity index (χ1) is 7.61. The highest BCUT2D eigenvalue weighted by Crippen LogP contribution is 2.10. The molecule has 0 unspecified atom stereocenters. The Morgan fingerprint density at radius 2 is 2.06 bits per heavy atom. The fraction of sp³-hybridized carbons (Fsp3) is 0.417. The van der Waals surface area contributed by atoms with E-state index in [0.717, 1.165) is 5.56 Å². The van der Waals surface area contributed by atoms with Crippen LogP contribution in [0.25, 0.3) is 0 Å². The van der Waals surface area contributed by atoms with Crippen LogP contribution in [0, 0.1) is 6.92 Å². The van der Waals surface area contributed by atoms with Crippen LogP contribution in [-0.4, -0.2) is 30.3 Å². The molecule has 0 heterocycles. The number of benzene rings is 1. The molecule has 1 aromatic carbocycles. The van der Waals surface area contributed by atoms with Crippen molar-refractivity contribution in [3.8, 4) is 5.75 Å². The molecule has 0 aromatic heterocycles. The predicted molar refractivity (Wildman–Crippen MR) is 61.4 cm³/mol. The average Bonchev–Trinajstić information content (AvgIpc) is 2.28. The Kier molecular flexibility index (Phi) is 4.79. The van der Waals surface area contributed by atoms with E-state index in [-0.39, 0.29) is 25.2 Å². The molecule has 0 fully saturated rings. The largest absolute Gasteiger partial charge is 0.484 e. The van der Waals surface area contributed by atoms with Crippen LogP contribution in [0.15, 0.2) is 24.3 Å². The van der Waals surface area contributed by atoms with E-state index in [0.29, 0.717) is 5.75 Å². The molecule has 0 aliphatic heterocycles. The minimum atomic E-state index is -0.242. The summed E-state index contributed by atoms with van der Waals surface area (Å²) in [6.07, 6.45) is 0. The average molecular weight is 223 g/mol. The second kappa shape index (κ2) is 6.12. The summed E-state index contributed by atoms with van der Waals surface area (Å²) in [6.45, 7) is 3.60. The van der Waals surface area contributed by atoms with E-state index in [1.165, 1.54) is 0 Å². The third-order valence-corrected chi connectivity index (χ3v) is 2.07. The number of aryl methyl sites for hydroxylation is 1. The van der Waals surface area contributed by atoms with Crippen molar-refractivity contribution in [2.45, 2.75) is 19.9 Å². The summed E-state index contributed by atoms with van der Waals surface area (Å²) in [5.74, 6) is 0.430. The molecule has 1 atom stereocenters. The number of carbonyl (C=O) groups is 1. The molecule has 16 heavy (non-hydrogen) atoms. The highest BCUT2D eigenvalue weighted by molar-refractivity contribution is 5.77. The highest BCUT2D eigenvalue weighted by atomic mass is 16.5. The third-order valence-electron chi connectivity index (χ3n) is 2.07. The highest BCUT2D eigenvalue weighted by Gasteiger charge is 2.06. The zero-order valence-electron chi connectivity index (χ0n) is 9.56. The van der Waals surface area contributed by atoms with Crippen molar-refractivity contribution in [1.29, 1.82) is 0 Å². The van der Waals surface area contributed by atoms with Gasteiger partial charge in [0.25, 0.3) is 5.91 Å². The predicted octanol–water partition coefficient (Wildman–Crippen LogP) is 0.871. The number of aliphatic hydroxyl groups is 1. The lowest BCUT2D eigenvalue weighted by Gasteiger charge is -2.11. The Morgan fingerprint density at radius 1 is 1.44 bits per heavy atom. The molecule has 88 valence electrons. The van der Waals surface area contributed by atoms with Gasteiger partial charge in [-0.25, -0.2) is 0 Å². The van der Waals surface area contributed by atoms with Gasteiger partial charge in [0.2, 0.25) is 0 Å². The number of rotatable bonds is 5. The summed E-state index contributed by atoms with van der Waals surface area (Å²) in [7, 11) is 0. The van der Waals surface area contributed by atoms with Crippen LogP contribution >= 0.6 is 0 Å². The van der Waals surface area contributed by atoms with Gasteiger partial charge in [-0.1, -0.05) is 17.7 Å². The quantitative estimate of drug-likeness (QED) is 0.778. The number of carbonyl (C=O) groups excluding carboxylic acids is 1. The van der Waals surface area contributed by atoms with E-state index in [1.54, 1.807) is 6.92 Å². The lowest BCUT2D eigenvalue weighted by molar-refractivity contribution is -0.123. The van der Waals surface area contributed by atoms with Gasteiger partial charge < -0.3 is 15.2 Å². The summed E-state index contributed by atoms with van der Waals surface area (Å²) in [4.78, 5) is 11.3. The fourth-order valence-electron chi connectivity index (χ4n) is 1.15. The smallest absolute Gasteiger partial charge is 0.258 e. The van der Waals surface area contributed by atoms with Gasteiger partial charge in [-0.15, -0.1) is 0 Å². The van der Waals surface area contributed by atoms with Crippen molar-refractivity contribution in [2.75, 3.05) is 13.2 Å². The molecule has 4 heteroatoms. The Balaban J connectivity index is 2.34. The van der Waals surface area contributed by atoms with E-state index in [9.17, 15) is 4.79 Å². The molecule has 1 amide bonds. The molecule has 0 saturated heterocycles. The maximum absolute atomic E-state index is 11.3. The number of aliphatic hydroxyl groups excluding tert-OH is 1. The van der Waals surface area contributed by atoms with Gasteiger partial charge in [0, 0.05) is 6.04 Å². The van der Waals surface area contributed by atoms with Crippen molar-refractivity contribution >= 4 is 5.91 Å². The summed E-state index contributed by atoms with van der Waals surface area (Å²) < 4.78 is 5.27. The zero-order valence-corrected chi connectivity index (χ0v) is 9.56. The third kappa shape index (κ3) is 4.31. The minimum Gasteiger partial charge on any atom is -0.484 e. The maximum Gasteiger partial charge on any atom is 0.258 e. The van der Waals surface area contributed by atoms with Crippen LogP contribution in [-0.2, 0) is 4.79 Å². The van der Waals surface area contributed by atoms with Crippen LogP contribution in [0.1, 0.15) is 12.5 Å².